The number of aromatic nitrogens is 2. The second-order valence-electron chi connectivity index (χ2n) is 4.98. The average molecular weight is 235 g/mol. The van der Waals surface area contributed by atoms with Gasteiger partial charge in [-0.1, -0.05) is 13.8 Å². The summed E-state index contributed by atoms with van der Waals surface area (Å²) >= 11 is 0. The lowest BCUT2D eigenvalue weighted by atomic mass is 10.2. The summed E-state index contributed by atoms with van der Waals surface area (Å²) < 4.78 is 5.78. The van der Waals surface area contributed by atoms with Gasteiger partial charge in [0.15, 0.2) is 5.75 Å². The van der Waals surface area contributed by atoms with Gasteiger partial charge in [-0.25, -0.2) is 9.97 Å². The van der Waals surface area contributed by atoms with Crippen LogP contribution in [0.15, 0.2) is 6.20 Å². The molecule has 0 amide bonds. The predicted molar refractivity (Wildman–Crippen MR) is 67.1 cm³/mol. The molecule has 2 rings (SSSR count). The van der Waals surface area contributed by atoms with Crippen molar-refractivity contribution in [2.24, 2.45) is 5.92 Å². The summed E-state index contributed by atoms with van der Waals surface area (Å²) in [4.78, 5) is 8.92. The SMILES string of the molecule is CNCc1nc(C(C)C)ncc1OCC1CC1. The Kier molecular flexibility index (Phi) is 3.94. The summed E-state index contributed by atoms with van der Waals surface area (Å²) in [7, 11) is 1.92. The smallest absolute Gasteiger partial charge is 0.160 e. The first kappa shape index (κ1) is 12.3. The Morgan fingerprint density at radius 1 is 1.47 bits per heavy atom. The molecular weight excluding hydrogens is 214 g/mol. The average Bonchev–Trinajstić information content (AvgIpc) is 3.11. The maximum atomic E-state index is 5.78. The van der Waals surface area contributed by atoms with Gasteiger partial charge in [0, 0.05) is 12.5 Å². The second-order valence-corrected chi connectivity index (χ2v) is 4.98. The van der Waals surface area contributed by atoms with Gasteiger partial charge in [-0.3, -0.25) is 0 Å². The van der Waals surface area contributed by atoms with E-state index in [4.69, 9.17) is 4.74 Å². The van der Waals surface area contributed by atoms with Crippen molar-refractivity contribution in [2.75, 3.05) is 13.7 Å². The highest BCUT2D eigenvalue weighted by Gasteiger charge is 2.22. The fourth-order valence-corrected chi connectivity index (χ4v) is 1.61. The zero-order valence-electron chi connectivity index (χ0n) is 10.9. The van der Waals surface area contributed by atoms with E-state index in [1.165, 1.54) is 12.8 Å². The molecule has 1 heterocycles. The van der Waals surface area contributed by atoms with E-state index in [0.717, 1.165) is 36.3 Å². The normalized spacial score (nSPS) is 15.3. The second kappa shape index (κ2) is 5.45. The Labute approximate surface area is 103 Å². The molecule has 0 bridgehead atoms. The molecule has 1 aliphatic carbocycles. The van der Waals surface area contributed by atoms with Crippen molar-refractivity contribution < 1.29 is 4.74 Å². The van der Waals surface area contributed by atoms with E-state index in [1.807, 2.05) is 13.2 Å². The van der Waals surface area contributed by atoms with Gasteiger partial charge in [-0.05, 0) is 25.8 Å². The monoisotopic (exact) mass is 235 g/mol. The molecule has 1 saturated carbocycles. The summed E-state index contributed by atoms with van der Waals surface area (Å²) in [5.74, 6) is 2.81. The molecule has 0 aromatic carbocycles. The maximum Gasteiger partial charge on any atom is 0.160 e. The van der Waals surface area contributed by atoms with Crippen molar-refractivity contribution in [3.05, 3.63) is 17.7 Å². The van der Waals surface area contributed by atoms with Gasteiger partial charge in [0.1, 0.15) is 5.82 Å². The fourth-order valence-electron chi connectivity index (χ4n) is 1.61. The molecule has 4 heteroatoms. The van der Waals surface area contributed by atoms with Crippen LogP contribution in [0.5, 0.6) is 5.75 Å². The minimum absolute atomic E-state index is 0.350. The predicted octanol–water partition coefficient (Wildman–Crippen LogP) is 2.11. The number of nitrogens with one attached hydrogen (secondary N) is 1. The molecule has 1 N–H and O–H groups in total. The molecule has 0 saturated heterocycles. The molecule has 17 heavy (non-hydrogen) atoms. The van der Waals surface area contributed by atoms with Gasteiger partial charge in [-0.15, -0.1) is 0 Å². The molecule has 0 radical (unpaired) electrons. The van der Waals surface area contributed by atoms with Gasteiger partial charge in [0.25, 0.3) is 0 Å². The molecule has 94 valence electrons. The first-order valence-electron chi connectivity index (χ1n) is 6.34. The Hall–Kier alpha value is -1.16. The van der Waals surface area contributed by atoms with Gasteiger partial charge >= 0.3 is 0 Å². The first-order chi connectivity index (χ1) is 8.20. The van der Waals surface area contributed by atoms with E-state index in [1.54, 1.807) is 0 Å². The van der Waals surface area contributed by atoms with E-state index < -0.39 is 0 Å². The molecule has 0 atom stereocenters. The van der Waals surface area contributed by atoms with Crippen molar-refractivity contribution >= 4 is 0 Å². The van der Waals surface area contributed by atoms with Crippen molar-refractivity contribution in [3.8, 4) is 5.75 Å². The quantitative estimate of drug-likeness (QED) is 0.820. The molecule has 1 aromatic rings. The zero-order valence-corrected chi connectivity index (χ0v) is 10.9. The molecule has 1 aliphatic rings. The van der Waals surface area contributed by atoms with Crippen LogP contribution in [0.25, 0.3) is 0 Å². The largest absolute Gasteiger partial charge is 0.490 e. The molecular formula is C13H21N3O. The maximum absolute atomic E-state index is 5.78. The highest BCUT2D eigenvalue weighted by molar-refractivity contribution is 5.25. The van der Waals surface area contributed by atoms with Crippen LogP contribution in [0.4, 0.5) is 0 Å². The number of nitrogens with zero attached hydrogens (tertiary/aromatic N) is 2. The number of ether oxygens (including phenoxy) is 1. The van der Waals surface area contributed by atoms with Crippen molar-refractivity contribution in [3.63, 3.8) is 0 Å². The van der Waals surface area contributed by atoms with E-state index in [0.29, 0.717) is 5.92 Å². The minimum Gasteiger partial charge on any atom is -0.490 e. The Morgan fingerprint density at radius 2 is 2.24 bits per heavy atom. The van der Waals surface area contributed by atoms with Gasteiger partial charge < -0.3 is 10.1 Å². The lowest BCUT2D eigenvalue weighted by Crippen LogP contribution is -2.13. The Morgan fingerprint density at radius 3 is 2.82 bits per heavy atom. The van der Waals surface area contributed by atoms with E-state index in [-0.39, 0.29) is 0 Å². The highest BCUT2D eigenvalue weighted by Crippen LogP contribution is 2.30. The molecule has 0 spiro atoms. The van der Waals surface area contributed by atoms with Crippen LogP contribution in [-0.2, 0) is 6.54 Å². The van der Waals surface area contributed by atoms with Crippen molar-refractivity contribution in [1.82, 2.24) is 15.3 Å². The van der Waals surface area contributed by atoms with Crippen LogP contribution in [-0.4, -0.2) is 23.6 Å². The van der Waals surface area contributed by atoms with Gasteiger partial charge in [-0.2, -0.15) is 0 Å². The molecule has 4 nitrogen and oxygen atoms in total. The molecule has 0 unspecified atom stereocenters. The van der Waals surface area contributed by atoms with Crippen LogP contribution in [0.2, 0.25) is 0 Å². The lowest BCUT2D eigenvalue weighted by Gasteiger charge is -2.12. The third-order valence-electron chi connectivity index (χ3n) is 2.88. The van der Waals surface area contributed by atoms with E-state index in [9.17, 15) is 0 Å². The van der Waals surface area contributed by atoms with E-state index >= 15 is 0 Å². The molecule has 1 fully saturated rings. The topological polar surface area (TPSA) is 47.0 Å². The summed E-state index contributed by atoms with van der Waals surface area (Å²) in [6.07, 6.45) is 4.41. The summed E-state index contributed by atoms with van der Waals surface area (Å²) in [5, 5.41) is 3.12. The van der Waals surface area contributed by atoms with Crippen LogP contribution in [0.3, 0.4) is 0 Å². The number of hydrogen-bond acceptors (Lipinski definition) is 4. The van der Waals surface area contributed by atoms with Crippen molar-refractivity contribution in [2.45, 2.75) is 39.2 Å². The van der Waals surface area contributed by atoms with Crippen LogP contribution >= 0.6 is 0 Å². The molecule has 0 aliphatic heterocycles. The molecule has 1 aromatic heterocycles. The Bertz CT molecular complexity index is 375. The third kappa shape index (κ3) is 3.40. The van der Waals surface area contributed by atoms with Crippen LogP contribution in [0, 0.1) is 5.92 Å². The summed E-state index contributed by atoms with van der Waals surface area (Å²) in [5.41, 5.74) is 0.965. The highest BCUT2D eigenvalue weighted by atomic mass is 16.5. The van der Waals surface area contributed by atoms with Crippen molar-refractivity contribution in [1.29, 1.82) is 0 Å². The summed E-state index contributed by atoms with van der Waals surface area (Å²) in [6, 6.07) is 0. The van der Waals surface area contributed by atoms with Gasteiger partial charge in [0.2, 0.25) is 0 Å². The third-order valence-corrected chi connectivity index (χ3v) is 2.88. The number of hydrogen-bond donors (Lipinski definition) is 1. The Balaban J connectivity index is 2.10. The standard InChI is InChI=1S/C13H21N3O/c1-9(2)13-15-7-12(11(16-13)6-14-3)17-8-10-4-5-10/h7,9-10,14H,4-6,8H2,1-3H3. The zero-order chi connectivity index (χ0) is 12.3. The van der Waals surface area contributed by atoms with E-state index in [2.05, 4.69) is 29.1 Å². The summed E-state index contributed by atoms with van der Waals surface area (Å²) in [6.45, 7) is 5.73. The van der Waals surface area contributed by atoms with Crippen LogP contribution < -0.4 is 10.1 Å². The van der Waals surface area contributed by atoms with Gasteiger partial charge in [0.05, 0.1) is 18.5 Å². The fraction of sp³-hybridized carbons (Fsp3) is 0.692. The minimum atomic E-state index is 0.350. The first-order valence-corrected chi connectivity index (χ1v) is 6.34. The lowest BCUT2D eigenvalue weighted by molar-refractivity contribution is 0.292. The number of rotatable bonds is 6. The van der Waals surface area contributed by atoms with Crippen LogP contribution in [0.1, 0.15) is 44.1 Å².